The minimum Gasteiger partial charge on any atom is -0.460 e. The summed E-state index contributed by atoms with van der Waals surface area (Å²) < 4.78 is 47.4. The van der Waals surface area contributed by atoms with Gasteiger partial charge in [-0.05, 0) is 37.3 Å². The maximum absolute atomic E-state index is 13.4. The fourth-order valence-corrected chi connectivity index (χ4v) is 4.48. The second kappa shape index (κ2) is 11.2. The van der Waals surface area contributed by atoms with E-state index in [1.807, 2.05) is 6.92 Å². The largest absolute Gasteiger partial charge is 0.573 e. The number of benzene rings is 1. The molecule has 0 spiro atoms. The lowest BCUT2D eigenvalue weighted by Gasteiger charge is -2.31. The van der Waals surface area contributed by atoms with E-state index in [1.165, 1.54) is 23.1 Å². The molecular weight excluding hydrogens is 483 g/mol. The Morgan fingerprint density at radius 1 is 1.22 bits per heavy atom. The number of rotatable bonds is 8. The average molecular weight is 514 g/mol. The SMILES string of the molecule is CC[C@@H]1OC(=O)C[C@@H]1NC(=O)[C@@H]1CCCN1C(=O)[C@@H](NC(=O)c1ccccc1OC(F)(F)F)C(C)C. The van der Waals surface area contributed by atoms with Crippen LogP contribution in [-0.2, 0) is 19.1 Å². The normalized spacial score (nSPS) is 22.8. The molecule has 2 heterocycles. The van der Waals surface area contributed by atoms with Crippen LogP contribution in [0.25, 0.3) is 0 Å². The Labute approximate surface area is 206 Å². The van der Waals surface area contributed by atoms with Gasteiger partial charge in [0.05, 0.1) is 18.0 Å². The number of nitrogens with one attached hydrogen (secondary N) is 2. The number of likely N-dealkylation sites (tertiary alicyclic amines) is 1. The van der Waals surface area contributed by atoms with E-state index in [0.717, 1.165) is 6.07 Å². The van der Waals surface area contributed by atoms with Crippen molar-refractivity contribution < 1.29 is 41.8 Å². The smallest absolute Gasteiger partial charge is 0.460 e. The van der Waals surface area contributed by atoms with Crippen LogP contribution in [0.4, 0.5) is 13.2 Å². The molecule has 0 saturated carbocycles. The number of amides is 3. The highest BCUT2D eigenvalue weighted by atomic mass is 19.4. The minimum atomic E-state index is -4.99. The third-order valence-electron chi connectivity index (χ3n) is 6.26. The molecule has 2 aliphatic heterocycles. The summed E-state index contributed by atoms with van der Waals surface area (Å²) in [6.45, 7) is 5.47. The highest BCUT2D eigenvalue weighted by molar-refractivity contribution is 6.00. The van der Waals surface area contributed by atoms with Gasteiger partial charge in [0.15, 0.2) is 0 Å². The Morgan fingerprint density at radius 2 is 1.92 bits per heavy atom. The summed E-state index contributed by atoms with van der Waals surface area (Å²) in [5.74, 6) is -3.35. The van der Waals surface area contributed by atoms with E-state index < -0.39 is 66.0 Å². The average Bonchev–Trinajstić information content (AvgIpc) is 3.42. The molecule has 0 bridgehead atoms. The van der Waals surface area contributed by atoms with Crippen LogP contribution in [0.2, 0.25) is 0 Å². The van der Waals surface area contributed by atoms with Gasteiger partial charge in [0.1, 0.15) is 23.9 Å². The lowest BCUT2D eigenvalue weighted by Crippen LogP contribution is -2.56. The molecule has 2 N–H and O–H groups in total. The lowest BCUT2D eigenvalue weighted by atomic mass is 10.0. The molecule has 0 unspecified atom stereocenters. The number of carbonyl (C=O) groups is 4. The highest BCUT2D eigenvalue weighted by Crippen LogP contribution is 2.27. The number of para-hydroxylation sites is 1. The second-order valence-electron chi connectivity index (χ2n) is 9.18. The summed E-state index contributed by atoms with van der Waals surface area (Å²) in [5.41, 5.74) is -0.375. The Hall–Kier alpha value is -3.31. The molecule has 0 aliphatic carbocycles. The number of carbonyl (C=O) groups excluding carboxylic acids is 4. The summed E-state index contributed by atoms with van der Waals surface area (Å²) in [4.78, 5) is 52.3. The van der Waals surface area contributed by atoms with Crippen molar-refractivity contribution >= 4 is 23.7 Å². The van der Waals surface area contributed by atoms with Crippen molar-refractivity contribution in [2.24, 2.45) is 5.92 Å². The number of esters is 1. The van der Waals surface area contributed by atoms with Crippen LogP contribution in [0.15, 0.2) is 24.3 Å². The summed E-state index contributed by atoms with van der Waals surface area (Å²) >= 11 is 0. The van der Waals surface area contributed by atoms with Gasteiger partial charge >= 0.3 is 12.3 Å². The Kier molecular flexibility index (Phi) is 8.47. The fraction of sp³-hybridized carbons (Fsp3) is 0.583. The van der Waals surface area contributed by atoms with Crippen LogP contribution in [0, 0.1) is 5.92 Å². The monoisotopic (exact) mass is 513 g/mol. The molecule has 36 heavy (non-hydrogen) atoms. The van der Waals surface area contributed by atoms with Gasteiger partial charge in [0, 0.05) is 6.54 Å². The van der Waals surface area contributed by atoms with Crippen LogP contribution in [0.3, 0.4) is 0 Å². The number of alkyl halides is 3. The van der Waals surface area contributed by atoms with E-state index in [4.69, 9.17) is 4.74 Å². The third kappa shape index (κ3) is 6.46. The molecule has 0 aromatic heterocycles. The van der Waals surface area contributed by atoms with Gasteiger partial charge in [-0.1, -0.05) is 32.9 Å². The van der Waals surface area contributed by atoms with E-state index in [1.54, 1.807) is 13.8 Å². The van der Waals surface area contributed by atoms with Crippen molar-refractivity contribution in [2.45, 2.75) is 77.0 Å². The molecule has 1 aromatic carbocycles. The van der Waals surface area contributed by atoms with E-state index in [-0.39, 0.29) is 18.5 Å². The minimum absolute atomic E-state index is 0.0506. The number of nitrogens with zero attached hydrogens (tertiary/aromatic N) is 1. The fourth-order valence-electron chi connectivity index (χ4n) is 4.48. The van der Waals surface area contributed by atoms with E-state index in [2.05, 4.69) is 15.4 Å². The maximum atomic E-state index is 13.4. The molecule has 2 saturated heterocycles. The Balaban J connectivity index is 1.73. The number of halogens is 3. The van der Waals surface area contributed by atoms with Gasteiger partial charge < -0.3 is 25.0 Å². The first kappa shape index (κ1) is 27.3. The number of hydrogen-bond donors (Lipinski definition) is 2. The van der Waals surface area contributed by atoms with Crippen LogP contribution >= 0.6 is 0 Å². The zero-order valence-electron chi connectivity index (χ0n) is 20.3. The first-order valence-electron chi connectivity index (χ1n) is 11.9. The second-order valence-corrected chi connectivity index (χ2v) is 9.18. The zero-order chi connectivity index (χ0) is 26.6. The molecule has 3 amide bonds. The molecule has 9 nitrogen and oxygen atoms in total. The number of ether oxygens (including phenoxy) is 2. The van der Waals surface area contributed by atoms with Gasteiger partial charge in [-0.2, -0.15) is 0 Å². The van der Waals surface area contributed by atoms with Crippen LogP contribution in [0.5, 0.6) is 5.75 Å². The van der Waals surface area contributed by atoms with E-state index >= 15 is 0 Å². The maximum Gasteiger partial charge on any atom is 0.573 e. The van der Waals surface area contributed by atoms with Crippen molar-refractivity contribution in [1.82, 2.24) is 15.5 Å². The van der Waals surface area contributed by atoms with Crippen molar-refractivity contribution in [1.29, 1.82) is 0 Å². The quantitative estimate of drug-likeness (QED) is 0.517. The molecule has 12 heteroatoms. The van der Waals surface area contributed by atoms with Gasteiger partial charge in [0.25, 0.3) is 5.91 Å². The van der Waals surface area contributed by atoms with Crippen LogP contribution < -0.4 is 15.4 Å². The van der Waals surface area contributed by atoms with Crippen LogP contribution in [-0.4, -0.2) is 65.7 Å². The van der Waals surface area contributed by atoms with Gasteiger partial charge in [-0.25, -0.2) is 0 Å². The number of cyclic esters (lactones) is 1. The summed E-state index contributed by atoms with van der Waals surface area (Å²) in [6, 6.07) is 2.47. The molecular formula is C24H30F3N3O6. The predicted molar refractivity (Wildman–Crippen MR) is 121 cm³/mol. The van der Waals surface area contributed by atoms with Crippen molar-refractivity contribution in [3.8, 4) is 5.75 Å². The lowest BCUT2D eigenvalue weighted by molar-refractivity contribution is -0.274. The number of hydrogen-bond acceptors (Lipinski definition) is 6. The summed E-state index contributed by atoms with van der Waals surface area (Å²) in [7, 11) is 0. The van der Waals surface area contributed by atoms with Crippen molar-refractivity contribution in [3.63, 3.8) is 0 Å². The highest BCUT2D eigenvalue weighted by Gasteiger charge is 2.42. The molecule has 2 fully saturated rings. The van der Waals surface area contributed by atoms with Crippen LogP contribution in [0.1, 0.15) is 56.8 Å². The summed E-state index contributed by atoms with van der Waals surface area (Å²) in [6.07, 6.45) is -3.89. The standard InChI is InChI=1S/C24H30F3N3O6/c1-4-17-15(12-19(31)35-17)28-22(33)16-9-7-11-30(16)23(34)20(13(2)3)29-21(32)14-8-5-6-10-18(14)36-24(25,26)27/h5-6,8,10,13,15-17,20H,4,7,9,11-12H2,1-3H3,(H,28,33)(H,29,32)/t15-,16-,17-,20-/m0/s1. The predicted octanol–water partition coefficient (Wildman–Crippen LogP) is 2.54. The molecule has 2 aliphatic rings. The van der Waals surface area contributed by atoms with Gasteiger partial charge in [-0.15, -0.1) is 13.2 Å². The van der Waals surface area contributed by atoms with Crippen molar-refractivity contribution in [2.75, 3.05) is 6.54 Å². The Bertz CT molecular complexity index is 1000. The van der Waals surface area contributed by atoms with Gasteiger partial charge in [-0.3, -0.25) is 19.2 Å². The van der Waals surface area contributed by atoms with E-state index in [9.17, 15) is 32.3 Å². The first-order chi connectivity index (χ1) is 16.9. The van der Waals surface area contributed by atoms with E-state index in [0.29, 0.717) is 19.3 Å². The van der Waals surface area contributed by atoms with Gasteiger partial charge in [0.2, 0.25) is 11.8 Å². The molecule has 198 valence electrons. The van der Waals surface area contributed by atoms with Crippen molar-refractivity contribution in [3.05, 3.63) is 29.8 Å². The Morgan fingerprint density at radius 3 is 2.56 bits per heavy atom. The molecule has 3 rings (SSSR count). The molecule has 1 aromatic rings. The topological polar surface area (TPSA) is 114 Å². The first-order valence-corrected chi connectivity index (χ1v) is 11.9. The molecule has 4 atom stereocenters. The third-order valence-corrected chi connectivity index (χ3v) is 6.26. The zero-order valence-corrected chi connectivity index (χ0v) is 20.3. The summed E-state index contributed by atoms with van der Waals surface area (Å²) in [5, 5.41) is 5.33. The molecule has 0 radical (unpaired) electrons.